The summed E-state index contributed by atoms with van der Waals surface area (Å²) in [6.07, 6.45) is -0.566. The minimum atomic E-state index is -4.39. The van der Waals surface area contributed by atoms with Crippen molar-refractivity contribution < 1.29 is 21.6 Å². The smallest absolute Gasteiger partial charge is 0.367 e. The molecular weight excluding hydrogens is 421 g/mol. The molecule has 0 amide bonds. The fraction of sp³-hybridized carbons (Fsp3) is 0.667. The number of sulfonamides is 1. The molecule has 8 nitrogen and oxygen atoms in total. The number of hydrogen-bond acceptors (Lipinski definition) is 5. The van der Waals surface area contributed by atoms with Crippen LogP contribution in [0.3, 0.4) is 0 Å². The van der Waals surface area contributed by atoms with Crippen molar-refractivity contribution in [3.63, 3.8) is 0 Å². The molecule has 3 atom stereocenters. The maximum atomic E-state index is 13.6. The maximum absolute atomic E-state index is 13.6. The van der Waals surface area contributed by atoms with Crippen molar-refractivity contribution >= 4 is 15.8 Å². The zero-order chi connectivity index (χ0) is 21.7. The molecule has 0 spiro atoms. The summed E-state index contributed by atoms with van der Waals surface area (Å²) in [6.45, 7) is 4.74. The molecule has 12 heteroatoms. The van der Waals surface area contributed by atoms with Gasteiger partial charge in [-0.15, -0.1) is 0 Å². The molecule has 166 valence electrons. The largest absolute Gasteiger partial charge is 0.410 e. The van der Waals surface area contributed by atoms with Crippen molar-refractivity contribution in [1.29, 1.82) is 0 Å². The quantitative estimate of drug-likeness (QED) is 0.763. The molecule has 0 saturated carbocycles. The highest BCUT2D eigenvalue weighted by atomic mass is 32.2. The lowest BCUT2D eigenvalue weighted by atomic mass is 10.0. The third-order valence-electron chi connectivity index (χ3n) is 5.92. The van der Waals surface area contributed by atoms with Gasteiger partial charge in [0.05, 0.1) is 11.9 Å². The van der Waals surface area contributed by atoms with Crippen molar-refractivity contribution in [3.8, 4) is 0 Å². The van der Waals surface area contributed by atoms with Crippen LogP contribution in [0, 0.1) is 0 Å². The van der Waals surface area contributed by atoms with E-state index in [1.54, 1.807) is 6.07 Å². The SMILES string of the molecule is CC[C@@H]1C[C@H](C(F)(F)F)n2nc(C3CCN(S(=O)(=O)c4cnn(CC)c4)C3)cc2N1. The first-order valence-corrected chi connectivity index (χ1v) is 11.5. The van der Waals surface area contributed by atoms with Gasteiger partial charge in [0.15, 0.2) is 6.04 Å². The summed E-state index contributed by atoms with van der Waals surface area (Å²) < 4.78 is 70.4. The van der Waals surface area contributed by atoms with Crippen LogP contribution in [-0.4, -0.2) is 57.6 Å². The Hall–Kier alpha value is -2.08. The first-order valence-electron chi connectivity index (χ1n) is 10.1. The van der Waals surface area contributed by atoms with Crippen LogP contribution in [0.5, 0.6) is 0 Å². The normalized spacial score (nSPS) is 25.3. The van der Waals surface area contributed by atoms with Crippen LogP contribution in [0.15, 0.2) is 23.4 Å². The number of halogens is 3. The van der Waals surface area contributed by atoms with Gasteiger partial charge in [-0.2, -0.15) is 27.7 Å². The third kappa shape index (κ3) is 3.70. The Balaban J connectivity index is 1.56. The minimum absolute atomic E-state index is 0.0687. The molecule has 2 aliphatic rings. The van der Waals surface area contributed by atoms with E-state index < -0.39 is 22.2 Å². The van der Waals surface area contributed by atoms with Gasteiger partial charge < -0.3 is 5.32 Å². The van der Waals surface area contributed by atoms with Gasteiger partial charge in [-0.3, -0.25) is 4.68 Å². The summed E-state index contributed by atoms with van der Waals surface area (Å²) in [7, 11) is -3.70. The van der Waals surface area contributed by atoms with Crippen molar-refractivity contribution in [2.24, 2.45) is 0 Å². The van der Waals surface area contributed by atoms with Crippen LogP contribution in [0.2, 0.25) is 0 Å². The lowest BCUT2D eigenvalue weighted by Gasteiger charge is -2.32. The van der Waals surface area contributed by atoms with Gasteiger partial charge in [0.1, 0.15) is 10.7 Å². The second-order valence-electron chi connectivity index (χ2n) is 7.82. The van der Waals surface area contributed by atoms with Crippen LogP contribution in [0.1, 0.15) is 50.8 Å². The van der Waals surface area contributed by atoms with E-state index in [1.165, 1.54) is 21.4 Å². The van der Waals surface area contributed by atoms with Gasteiger partial charge in [0.25, 0.3) is 0 Å². The summed E-state index contributed by atoms with van der Waals surface area (Å²) in [4.78, 5) is 0.124. The van der Waals surface area contributed by atoms with E-state index in [9.17, 15) is 21.6 Å². The second kappa shape index (κ2) is 7.56. The number of anilines is 1. The number of nitrogens with zero attached hydrogens (tertiary/aromatic N) is 5. The van der Waals surface area contributed by atoms with Crippen molar-refractivity contribution in [3.05, 3.63) is 24.2 Å². The standard InChI is InChI=1S/C18H25F3N6O2S/c1-3-13-7-16(18(19,20)21)27-17(23-13)8-15(24-27)12-5-6-26(10-12)30(28,29)14-9-22-25(4-2)11-14/h8-9,11-13,16,23H,3-7,10H2,1-2H3/t12?,13-,16-/m1/s1. The highest BCUT2D eigenvalue weighted by molar-refractivity contribution is 7.89. The zero-order valence-corrected chi connectivity index (χ0v) is 17.6. The van der Waals surface area contributed by atoms with Gasteiger partial charge >= 0.3 is 6.18 Å². The third-order valence-corrected chi connectivity index (χ3v) is 7.74. The van der Waals surface area contributed by atoms with E-state index in [0.717, 1.165) is 4.68 Å². The predicted molar refractivity (Wildman–Crippen MR) is 104 cm³/mol. The minimum Gasteiger partial charge on any atom is -0.367 e. The van der Waals surface area contributed by atoms with E-state index in [4.69, 9.17) is 0 Å². The number of aromatic nitrogens is 4. The summed E-state index contributed by atoms with van der Waals surface area (Å²) in [5.74, 6) is 0.0887. The second-order valence-corrected chi connectivity index (χ2v) is 9.76. The number of fused-ring (bicyclic) bond motifs is 1. The number of hydrogen-bond donors (Lipinski definition) is 1. The zero-order valence-electron chi connectivity index (χ0n) is 16.8. The molecule has 2 aromatic heterocycles. The van der Waals surface area contributed by atoms with Crippen molar-refractivity contribution in [2.75, 3.05) is 18.4 Å². The molecule has 0 bridgehead atoms. The lowest BCUT2D eigenvalue weighted by Crippen LogP contribution is -2.38. The van der Waals surface area contributed by atoms with E-state index >= 15 is 0 Å². The Kier molecular flexibility index (Phi) is 5.33. The molecule has 1 fully saturated rings. The highest BCUT2D eigenvalue weighted by Crippen LogP contribution is 2.41. The molecule has 1 unspecified atom stereocenters. The predicted octanol–water partition coefficient (Wildman–Crippen LogP) is 2.98. The van der Waals surface area contributed by atoms with Crippen LogP contribution in [0.25, 0.3) is 0 Å². The van der Waals surface area contributed by atoms with E-state index in [0.29, 0.717) is 37.4 Å². The monoisotopic (exact) mass is 446 g/mol. The molecule has 30 heavy (non-hydrogen) atoms. The Labute approximate surface area is 173 Å². The molecule has 2 aromatic rings. The maximum Gasteiger partial charge on any atom is 0.410 e. The summed E-state index contributed by atoms with van der Waals surface area (Å²) >= 11 is 0. The molecule has 2 aliphatic heterocycles. The Morgan fingerprint density at radius 1 is 1.30 bits per heavy atom. The van der Waals surface area contributed by atoms with Crippen LogP contribution in [-0.2, 0) is 16.6 Å². The summed E-state index contributed by atoms with van der Waals surface area (Å²) in [5.41, 5.74) is 0.491. The van der Waals surface area contributed by atoms with Gasteiger partial charge in [0, 0.05) is 43.9 Å². The Bertz CT molecular complexity index is 1020. The van der Waals surface area contributed by atoms with E-state index in [-0.39, 0.29) is 29.8 Å². The summed E-state index contributed by atoms with van der Waals surface area (Å²) in [5, 5.41) is 11.4. The first kappa shape index (κ1) is 21.2. The van der Waals surface area contributed by atoms with E-state index in [1.807, 2.05) is 13.8 Å². The molecule has 1 N–H and O–H groups in total. The fourth-order valence-corrected chi connectivity index (χ4v) is 5.58. The van der Waals surface area contributed by atoms with Crippen LogP contribution >= 0.6 is 0 Å². The van der Waals surface area contributed by atoms with Gasteiger partial charge in [-0.05, 0) is 26.2 Å². The number of aryl methyl sites for hydroxylation is 1. The lowest BCUT2D eigenvalue weighted by molar-refractivity contribution is -0.173. The fourth-order valence-electron chi connectivity index (χ4n) is 4.12. The molecule has 4 rings (SSSR count). The number of alkyl halides is 3. The van der Waals surface area contributed by atoms with Gasteiger partial charge in [0.2, 0.25) is 10.0 Å². The number of rotatable bonds is 5. The highest BCUT2D eigenvalue weighted by Gasteiger charge is 2.46. The van der Waals surface area contributed by atoms with Crippen LogP contribution in [0.4, 0.5) is 19.0 Å². The molecule has 1 saturated heterocycles. The topological polar surface area (TPSA) is 85.1 Å². The first-order chi connectivity index (χ1) is 14.1. The van der Waals surface area contributed by atoms with Gasteiger partial charge in [-0.1, -0.05) is 6.92 Å². The molecule has 4 heterocycles. The average molecular weight is 446 g/mol. The average Bonchev–Trinajstić information content (AvgIpc) is 3.44. The van der Waals surface area contributed by atoms with Gasteiger partial charge in [-0.25, -0.2) is 13.1 Å². The molecular formula is C18H25F3N6O2S. The van der Waals surface area contributed by atoms with Crippen molar-refractivity contribution in [2.45, 2.75) is 68.7 Å². The molecule has 0 aromatic carbocycles. The summed E-state index contributed by atoms with van der Waals surface area (Å²) in [6, 6.07) is -0.311. The number of nitrogens with one attached hydrogen (secondary N) is 1. The Morgan fingerprint density at radius 3 is 2.70 bits per heavy atom. The van der Waals surface area contributed by atoms with Crippen LogP contribution < -0.4 is 5.32 Å². The Morgan fingerprint density at radius 2 is 2.07 bits per heavy atom. The van der Waals surface area contributed by atoms with Crippen molar-refractivity contribution in [1.82, 2.24) is 23.9 Å². The molecule has 0 aliphatic carbocycles. The van der Waals surface area contributed by atoms with E-state index in [2.05, 4.69) is 15.5 Å². The molecule has 0 radical (unpaired) electrons.